The van der Waals surface area contributed by atoms with Crippen molar-refractivity contribution in [1.29, 1.82) is 0 Å². The predicted molar refractivity (Wildman–Crippen MR) is 121 cm³/mol. The molecule has 0 atom stereocenters. The Morgan fingerprint density at radius 3 is 2.91 bits per heavy atom. The Balaban J connectivity index is 1.51. The first kappa shape index (κ1) is 20.9. The number of anilines is 2. The number of oxazole rings is 1. The highest BCUT2D eigenvalue weighted by atomic mass is 35.5. The van der Waals surface area contributed by atoms with Gasteiger partial charge in [-0.2, -0.15) is 5.10 Å². The molecule has 4 aromatic heterocycles. The van der Waals surface area contributed by atoms with Gasteiger partial charge in [-0.15, -0.1) is 0 Å². The minimum Gasteiger partial charge on any atom is -0.451 e. The van der Waals surface area contributed by atoms with Gasteiger partial charge in [0.15, 0.2) is 23.7 Å². The summed E-state index contributed by atoms with van der Waals surface area (Å²) in [4.78, 5) is 24.9. The smallest absolute Gasteiger partial charge is 0.231 e. The molecule has 0 aliphatic rings. The number of benzene rings is 1. The number of imidazole rings is 1. The molecule has 168 valence electrons. The van der Waals surface area contributed by atoms with Crippen LogP contribution < -0.4 is 10.6 Å². The molecule has 0 bridgehead atoms. The summed E-state index contributed by atoms with van der Waals surface area (Å²) in [5, 5.41) is 13.2. The number of nitrogens with zero attached hydrogens (tertiary/aromatic N) is 5. The molecule has 0 radical (unpaired) electrons. The summed E-state index contributed by atoms with van der Waals surface area (Å²) < 4.78 is 21.7. The van der Waals surface area contributed by atoms with Gasteiger partial charge in [0.25, 0.3) is 0 Å². The summed E-state index contributed by atoms with van der Waals surface area (Å²) in [6, 6.07) is -0.00809. The third-order valence-corrected chi connectivity index (χ3v) is 5.27. The van der Waals surface area contributed by atoms with Crippen LogP contribution in [0, 0.1) is 5.82 Å². The maximum Gasteiger partial charge on any atom is 0.231 e. The number of H-pyrrole nitrogens is 1. The number of halogens is 2. The van der Waals surface area contributed by atoms with Crippen molar-refractivity contribution in [3.8, 4) is 11.3 Å². The lowest BCUT2D eigenvalue weighted by Crippen LogP contribution is -2.14. The number of hydrogen-bond acceptors (Lipinski definition) is 7. The number of carbonyl (C=O) groups is 1. The monoisotopic (exact) mass is 468 g/mol. The van der Waals surface area contributed by atoms with Gasteiger partial charge in [-0.1, -0.05) is 11.6 Å². The van der Waals surface area contributed by atoms with Crippen LogP contribution in [-0.4, -0.2) is 41.5 Å². The molecule has 0 aliphatic carbocycles. The number of carbonyl (C=O) groups excluding carboxylic acids is 1. The van der Waals surface area contributed by atoms with Crippen LogP contribution in [0.3, 0.4) is 0 Å². The van der Waals surface area contributed by atoms with Crippen molar-refractivity contribution >= 4 is 45.6 Å². The van der Waals surface area contributed by atoms with E-state index in [1.165, 1.54) is 18.9 Å². The van der Waals surface area contributed by atoms with E-state index < -0.39 is 5.82 Å². The first-order chi connectivity index (χ1) is 15.9. The standard InChI is InChI=1S/C21H18ClFN8O2/c1-10(2)27-21-19(23)18(22)17(12-4-26-30-20(12)21)13-6-31-7-14(28-15(31)5-24-13)29-16(32)3-11-8-33-9-25-11/h4-10,27H,3H2,1-2H3,(H,26,30)(H,29,32). The summed E-state index contributed by atoms with van der Waals surface area (Å²) in [7, 11) is 0. The van der Waals surface area contributed by atoms with Crippen LogP contribution >= 0.6 is 11.6 Å². The van der Waals surface area contributed by atoms with E-state index in [1.807, 2.05) is 13.8 Å². The molecule has 3 N–H and O–H groups in total. The van der Waals surface area contributed by atoms with Gasteiger partial charge in [-0.3, -0.25) is 14.9 Å². The van der Waals surface area contributed by atoms with E-state index in [-0.39, 0.29) is 29.1 Å². The van der Waals surface area contributed by atoms with E-state index in [1.54, 1.807) is 23.0 Å². The molecule has 33 heavy (non-hydrogen) atoms. The number of rotatable bonds is 6. The number of amides is 1. The summed E-state index contributed by atoms with van der Waals surface area (Å²) in [6.45, 7) is 3.81. The number of hydrogen-bond donors (Lipinski definition) is 3. The molecule has 0 unspecified atom stereocenters. The Labute approximate surface area is 191 Å². The first-order valence-electron chi connectivity index (χ1n) is 10.0. The molecular weight excluding hydrogens is 451 g/mol. The highest BCUT2D eigenvalue weighted by Crippen LogP contribution is 2.40. The van der Waals surface area contributed by atoms with Gasteiger partial charge in [0.2, 0.25) is 5.91 Å². The number of nitrogens with one attached hydrogen (secondary N) is 3. The van der Waals surface area contributed by atoms with E-state index in [0.29, 0.717) is 39.3 Å². The topological polar surface area (TPSA) is 126 Å². The highest BCUT2D eigenvalue weighted by molar-refractivity contribution is 6.35. The quantitative estimate of drug-likeness (QED) is 0.343. The Morgan fingerprint density at radius 2 is 2.15 bits per heavy atom. The summed E-state index contributed by atoms with van der Waals surface area (Å²) in [5.41, 5.74) is 2.58. The molecule has 0 spiro atoms. The van der Waals surface area contributed by atoms with Crippen LogP contribution in [0.1, 0.15) is 19.5 Å². The zero-order chi connectivity index (χ0) is 23.1. The molecule has 5 aromatic rings. The number of aromatic amines is 1. The largest absolute Gasteiger partial charge is 0.451 e. The van der Waals surface area contributed by atoms with Crippen LogP contribution in [-0.2, 0) is 11.2 Å². The van der Waals surface area contributed by atoms with Crippen molar-refractivity contribution < 1.29 is 13.6 Å². The Morgan fingerprint density at radius 1 is 1.30 bits per heavy atom. The molecule has 0 fully saturated rings. The van der Waals surface area contributed by atoms with Gasteiger partial charge in [-0.05, 0) is 13.8 Å². The lowest BCUT2D eigenvalue weighted by Gasteiger charge is -2.15. The third-order valence-electron chi connectivity index (χ3n) is 4.91. The molecule has 10 nitrogen and oxygen atoms in total. The second-order valence-corrected chi connectivity index (χ2v) is 8.08. The predicted octanol–water partition coefficient (Wildman–Crippen LogP) is 4.05. The van der Waals surface area contributed by atoms with Crippen molar-refractivity contribution in [2.75, 3.05) is 10.6 Å². The zero-order valence-electron chi connectivity index (χ0n) is 17.6. The third kappa shape index (κ3) is 3.87. The van der Waals surface area contributed by atoms with Crippen molar-refractivity contribution in [3.63, 3.8) is 0 Å². The molecule has 0 saturated carbocycles. The van der Waals surface area contributed by atoms with E-state index in [0.717, 1.165) is 0 Å². The molecule has 0 saturated heterocycles. The van der Waals surface area contributed by atoms with Crippen LogP contribution in [0.2, 0.25) is 5.02 Å². The normalized spacial score (nSPS) is 11.5. The van der Waals surface area contributed by atoms with E-state index in [2.05, 4.69) is 35.8 Å². The van der Waals surface area contributed by atoms with E-state index >= 15 is 4.39 Å². The Bertz CT molecular complexity index is 1480. The molecule has 4 heterocycles. The number of aromatic nitrogens is 6. The molecular formula is C21H18ClFN8O2. The van der Waals surface area contributed by atoms with Gasteiger partial charge in [0.1, 0.15) is 6.26 Å². The SMILES string of the molecule is CC(C)Nc1c(F)c(Cl)c(-c2cn3cc(NC(=O)Cc4cocn4)nc3cn2)c2cn[nH]c12. The fraction of sp³-hybridized carbons (Fsp3) is 0.190. The van der Waals surface area contributed by atoms with Crippen LogP contribution in [0.15, 0.2) is 41.9 Å². The van der Waals surface area contributed by atoms with Crippen molar-refractivity contribution in [3.05, 3.63) is 54.0 Å². The molecule has 5 rings (SSSR count). The van der Waals surface area contributed by atoms with Gasteiger partial charge in [0, 0.05) is 23.2 Å². The van der Waals surface area contributed by atoms with Crippen LogP contribution in [0.5, 0.6) is 0 Å². The maximum atomic E-state index is 15.2. The van der Waals surface area contributed by atoms with Crippen molar-refractivity contribution in [2.24, 2.45) is 0 Å². The second-order valence-electron chi connectivity index (χ2n) is 7.70. The fourth-order valence-corrected chi connectivity index (χ4v) is 3.85. The van der Waals surface area contributed by atoms with Gasteiger partial charge in [-0.25, -0.2) is 14.4 Å². The highest BCUT2D eigenvalue weighted by Gasteiger charge is 2.23. The minimum atomic E-state index is -0.592. The first-order valence-corrected chi connectivity index (χ1v) is 10.4. The maximum absolute atomic E-state index is 15.2. The van der Waals surface area contributed by atoms with Crippen molar-refractivity contribution in [1.82, 2.24) is 29.5 Å². The summed E-state index contributed by atoms with van der Waals surface area (Å²) >= 11 is 6.45. The van der Waals surface area contributed by atoms with E-state index in [9.17, 15) is 4.79 Å². The lowest BCUT2D eigenvalue weighted by atomic mass is 10.1. The average Bonchev–Trinajstić information content (AvgIpc) is 3.51. The summed E-state index contributed by atoms with van der Waals surface area (Å²) in [6.07, 6.45) is 9.11. The van der Waals surface area contributed by atoms with Gasteiger partial charge < -0.3 is 19.5 Å². The van der Waals surface area contributed by atoms with Crippen LogP contribution in [0.4, 0.5) is 15.9 Å². The zero-order valence-corrected chi connectivity index (χ0v) is 18.3. The lowest BCUT2D eigenvalue weighted by molar-refractivity contribution is -0.115. The Hall–Kier alpha value is -3.99. The fourth-order valence-electron chi connectivity index (χ4n) is 3.55. The molecule has 1 amide bonds. The Kier molecular flexibility index (Phi) is 5.17. The van der Waals surface area contributed by atoms with Crippen molar-refractivity contribution in [2.45, 2.75) is 26.3 Å². The minimum absolute atomic E-state index is 0.00809. The van der Waals surface area contributed by atoms with Gasteiger partial charge >= 0.3 is 0 Å². The molecule has 12 heteroatoms. The molecule has 1 aromatic carbocycles. The van der Waals surface area contributed by atoms with Gasteiger partial charge in [0.05, 0.1) is 52.6 Å². The average molecular weight is 469 g/mol. The number of fused-ring (bicyclic) bond motifs is 2. The van der Waals surface area contributed by atoms with E-state index in [4.69, 9.17) is 16.0 Å². The molecule has 0 aliphatic heterocycles. The van der Waals surface area contributed by atoms with Crippen LogP contribution in [0.25, 0.3) is 27.8 Å². The second kappa shape index (κ2) is 8.17. The summed E-state index contributed by atoms with van der Waals surface area (Å²) in [5.74, 6) is -0.547.